The molecule has 1 fully saturated rings. The van der Waals surface area contributed by atoms with E-state index >= 15 is 0 Å². The number of nitrogens with two attached hydrogens (primary N) is 1. The number of anilines is 1. The van der Waals surface area contributed by atoms with Crippen LogP contribution in [0.2, 0.25) is 0 Å². The van der Waals surface area contributed by atoms with E-state index in [-0.39, 0.29) is 0 Å². The van der Waals surface area contributed by atoms with E-state index in [4.69, 9.17) is 10.7 Å². The van der Waals surface area contributed by atoms with Crippen LogP contribution in [0.1, 0.15) is 50.6 Å². The van der Waals surface area contributed by atoms with Gasteiger partial charge >= 0.3 is 0 Å². The highest BCUT2D eigenvalue weighted by Gasteiger charge is 2.21. The molecule has 1 aliphatic carbocycles. The van der Waals surface area contributed by atoms with E-state index in [1.807, 2.05) is 0 Å². The molecule has 0 spiro atoms. The van der Waals surface area contributed by atoms with Gasteiger partial charge in [0.2, 0.25) is 0 Å². The molecule has 0 aliphatic heterocycles. The summed E-state index contributed by atoms with van der Waals surface area (Å²) < 4.78 is 1.08. The number of pyridine rings is 1. The molecule has 0 aromatic carbocycles. The molecule has 0 saturated heterocycles. The Balaban J connectivity index is 2.18. The third-order valence-electron chi connectivity index (χ3n) is 4.17. The molecule has 1 heterocycles. The Kier molecular flexibility index (Phi) is 6.30. The average Bonchev–Trinajstić information content (AvgIpc) is 2.72. The van der Waals surface area contributed by atoms with Crippen molar-refractivity contribution in [2.75, 3.05) is 18.0 Å². The van der Waals surface area contributed by atoms with E-state index < -0.39 is 0 Å². The van der Waals surface area contributed by atoms with E-state index in [0.29, 0.717) is 6.04 Å². The van der Waals surface area contributed by atoms with E-state index in [9.17, 15) is 0 Å². The molecule has 1 aliphatic rings. The Hall–Kier alpha value is -0.610. The summed E-state index contributed by atoms with van der Waals surface area (Å²) >= 11 is 3.54. The first-order chi connectivity index (χ1) is 9.72. The zero-order chi connectivity index (χ0) is 14.4. The largest absolute Gasteiger partial charge is 0.354 e. The first kappa shape index (κ1) is 15.8. The predicted molar refractivity (Wildman–Crippen MR) is 89.2 cm³/mol. The van der Waals surface area contributed by atoms with Gasteiger partial charge in [-0.05, 0) is 60.8 Å². The van der Waals surface area contributed by atoms with Crippen molar-refractivity contribution in [3.05, 3.63) is 22.3 Å². The second-order valence-corrected chi connectivity index (χ2v) is 6.57. The van der Waals surface area contributed by atoms with E-state index in [1.165, 1.54) is 38.5 Å². The van der Waals surface area contributed by atoms with Gasteiger partial charge in [0.1, 0.15) is 5.82 Å². The molecule has 0 bridgehead atoms. The summed E-state index contributed by atoms with van der Waals surface area (Å²) in [6.07, 6.45) is 9.08. The lowest BCUT2D eigenvalue weighted by atomic mass is 10.1. The topological polar surface area (TPSA) is 42.2 Å². The maximum atomic E-state index is 5.71. The van der Waals surface area contributed by atoms with Gasteiger partial charge in [0.05, 0.1) is 5.69 Å². The Morgan fingerprint density at radius 2 is 1.95 bits per heavy atom. The lowest BCUT2D eigenvalue weighted by Crippen LogP contribution is -2.37. The van der Waals surface area contributed by atoms with Crippen molar-refractivity contribution in [1.82, 2.24) is 4.98 Å². The molecule has 4 heteroatoms. The summed E-state index contributed by atoms with van der Waals surface area (Å²) in [6, 6.07) is 4.89. The summed E-state index contributed by atoms with van der Waals surface area (Å²) in [5.74, 6) is 1.12. The first-order valence-electron chi connectivity index (χ1n) is 7.82. The second-order valence-electron chi connectivity index (χ2n) is 5.72. The van der Waals surface area contributed by atoms with Gasteiger partial charge in [0.15, 0.2) is 0 Å². The lowest BCUT2D eigenvalue weighted by molar-refractivity contribution is 0.514. The maximum absolute atomic E-state index is 5.71. The van der Waals surface area contributed by atoms with Crippen molar-refractivity contribution >= 4 is 21.7 Å². The lowest BCUT2D eigenvalue weighted by Gasteiger charge is -2.32. The van der Waals surface area contributed by atoms with Crippen LogP contribution in [0.4, 0.5) is 5.82 Å². The highest BCUT2D eigenvalue weighted by atomic mass is 79.9. The fourth-order valence-electron chi connectivity index (χ4n) is 3.01. The van der Waals surface area contributed by atoms with Crippen LogP contribution in [0, 0.1) is 6.92 Å². The number of aryl methyl sites for hydroxylation is 1. The molecular weight excluding hydrogens is 314 g/mol. The Bertz CT molecular complexity index is 414. The molecule has 0 atom stereocenters. The molecule has 2 N–H and O–H groups in total. The van der Waals surface area contributed by atoms with Crippen molar-refractivity contribution in [3.8, 4) is 0 Å². The van der Waals surface area contributed by atoms with Gasteiger partial charge in [-0.3, -0.25) is 0 Å². The molecule has 0 amide bonds. The Morgan fingerprint density at radius 1 is 1.25 bits per heavy atom. The summed E-state index contributed by atoms with van der Waals surface area (Å²) in [5.41, 5.74) is 6.78. The van der Waals surface area contributed by atoms with Crippen LogP contribution >= 0.6 is 15.9 Å². The van der Waals surface area contributed by atoms with E-state index in [0.717, 1.165) is 35.5 Å². The fraction of sp³-hybridized carbons (Fsp3) is 0.688. The molecule has 0 unspecified atom stereocenters. The molecular formula is C16H26BrN3. The molecule has 1 aromatic heterocycles. The zero-order valence-electron chi connectivity index (χ0n) is 12.4. The van der Waals surface area contributed by atoms with Gasteiger partial charge in [-0.2, -0.15) is 0 Å². The van der Waals surface area contributed by atoms with Gasteiger partial charge in [-0.25, -0.2) is 4.98 Å². The SMILES string of the molecule is Cc1nc(N(CCCN)C2CCCCCC2)ccc1Br. The zero-order valence-corrected chi connectivity index (χ0v) is 14.0. The summed E-state index contributed by atoms with van der Waals surface area (Å²) in [7, 11) is 0. The van der Waals surface area contributed by atoms with Crippen LogP contribution in [0.15, 0.2) is 16.6 Å². The Morgan fingerprint density at radius 3 is 2.55 bits per heavy atom. The van der Waals surface area contributed by atoms with Gasteiger partial charge in [-0.1, -0.05) is 25.7 Å². The van der Waals surface area contributed by atoms with E-state index in [1.54, 1.807) is 0 Å². The summed E-state index contributed by atoms with van der Waals surface area (Å²) in [5, 5.41) is 0. The molecule has 1 aromatic rings. The summed E-state index contributed by atoms with van der Waals surface area (Å²) in [6.45, 7) is 3.83. The third-order valence-corrected chi connectivity index (χ3v) is 5.01. The van der Waals surface area contributed by atoms with E-state index in [2.05, 4.69) is 39.9 Å². The number of nitrogens with zero attached hydrogens (tertiary/aromatic N) is 2. The molecule has 3 nitrogen and oxygen atoms in total. The van der Waals surface area contributed by atoms with Crippen molar-refractivity contribution in [2.45, 2.75) is 57.9 Å². The van der Waals surface area contributed by atoms with Crippen LogP contribution < -0.4 is 10.6 Å². The molecule has 112 valence electrons. The minimum Gasteiger partial charge on any atom is -0.354 e. The standard InChI is InChI=1S/C16H26BrN3/c1-13-15(17)9-10-16(19-13)20(12-6-11-18)14-7-4-2-3-5-8-14/h9-10,14H,2-8,11-12,18H2,1H3. The third kappa shape index (κ3) is 4.19. The van der Waals surface area contributed by atoms with Gasteiger partial charge in [0.25, 0.3) is 0 Å². The molecule has 0 radical (unpaired) electrons. The molecule has 2 rings (SSSR count). The first-order valence-corrected chi connectivity index (χ1v) is 8.61. The number of rotatable bonds is 5. The van der Waals surface area contributed by atoms with Crippen molar-refractivity contribution in [3.63, 3.8) is 0 Å². The normalized spacial score (nSPS) is 16.9. The average molecular weight is 340 g/mol. The van der Waals surface area contributed by atoms with Crippen LogP contribution in [0.3, 0.4) is 0 Å². The van der Waals surface area contributed by atoms with Gasteiger partial charge < -0.3 is 10.6 Å². The quantitative estimate of drug-likeness (QED) is 0.823. The second kappa shape index (κ2) is 7.99. The number of hydrogen-bond acceptors (Lipinski definition) is 3. The van der Waals surface area contributed by atoms with Crippen molar-refractivity contribution < 1.29 is 0 Å². The van der Waals surface area contributed by atoms with Gasteiger partial charge in [0, 0.05) is 17.1 Å². The van der Waals surface area contributed by atoms with Gasteiger partial charge in [-0.15, -0.1) is 0 Å². The van der Waals surface area contributed by atoms with Crippen molar-refractivity contribution in [2.24, 2.45) is 5.73 Å². The maximum Gasteiger partial charge on any atom is 0.129 e. The van der Waals surface area contributed by atoms with Crippen molar-refractivity contribution in [1.29, 1.82) is 0 Å². The highest BCUT2D eigenvalue weighted by Crippen LogP contribution is 2.27. The highest BCUT2D eigenvalue weighted by molar-refractivity contribution is 9.10. The van der Waals surface area contributed by atoms with Crippen LogP contribution in [-0.4, -0.2) is 24.1 Å². The van der Waals surface area contributed by atoms with Crippen LogP contribution in [-0.2, 0) is 0 Å². The monoisotopic (exact) mass is 339 g/mol. The number of halogens is 1. The minimum absolute atomic E-state index is 0.636. The van der Waals surface area contributed by atoms with Crippen LogP contribution in [0.5, 0.6) is 0 Å². The smallest absolute Gasteiger partial charge is 0.129 e. The summed E-state index contributed by atoms with van der Waals surface area (Å²) in [4.78, 5) is 7.27. The Labute approximate surface area is 131 Å². The predicted octanol–water partition coefficient (Wildman–Crippen LogP) is 4.03. The number of aromatic nitrogens is 1. The molecule has 20 heavy (non-hydrogen) atoms. The molecule has 1 saturated carbocycles. The van der Waals surface area contributed by atoms with Crippen LogP contribution in [0.25, 0.3) is 0 Å². The fourth-order valence-corrected chi connectivity index (χ4v) is 3.23. The minimum atomic E-state index is 0.636. The number of hydrogen-bond donors (Lipinski definition) is 1.